The molecule has 208 valence electrons. The third-order valence-corrected chi connectivity index (χ3v) is 6.20. The quantitative estimate of drug-likeness (QED) is 0.237. The lowest BCUT2D eigenvalue weighted by Crippen LogP contribution is -2.35. The van der Waals surface area contributed by atoms with Gasteiger partial charge in [-0.2, -0.15) is 26.3 Å². The minimum atomic E-state index is -4.54. The van der Waals surface area contributed by atoms with Crippen LogP contribution in [0.4, 0.5) is 26.3 Å². The summed E-state index contributed by atoms with van der Waals surface area (Å²) in [4.78, 5) is 16.8. The highest BCUT2D eigenvalue weighted by Gasteiger charge is 2.30. The average Bonchev–Trinajstić information content (AvgIpc) is 3.21. The molecule has 2 heterocycles. The van der Waals surface area contributed by atoms with E-state index < -0.39 is 25.2 Å². The minimum absolute atomic E-state index is 0.154. The summed E-state index contributed by atoms with van der Waals surface area (Å²) in [5.41, 5.74) is 1.97. The molecule has 0 saturated carbocycles. The normalized spacial score (nSPS) is 14.3. The number of hydrogen-bond acceptors (Lipinski definition) is 3. The number of furan rings is 1. The van der Waals surface area contributed by atoms with Crippen molar-refractivity contribution < 1.29 is 35.6 Å². The van der Waals surface area contributed by atoms with Gasteiger partial charge in [0.15, 0.2) is 0 Å². The van der Waals surface area contributed by atoms with Gasteiger partial charge in [0.25, 0.3) is 5.91 Å². The largest absolute Gasteiger partial charge is 0.463 e. The first-order valence-corrected chi connectivity index (χ1v) is 12.3. The van der Waals surface area contributed by atoms with Crippen LogP contribution >= 0.6 is 0 Å². The van der Waals surface area contributed by atoms with E-state index in [0.717, 1.165) is 23.2 Å². The molecule has 10 heteroatoms. The molecule has 1 aliphatic rings. The molecule has 0 radical (unpaired) electrons. The predicted octanol–water partition coefficient (Wildman–Crippen LogP) is 6.92. The second-order valence-corrected chi connectivity index (χ2v) is 10.00. The summed E-state index contributed by atoms with van der Waals surface area (Å²) in [6.07, 6.45) is -7.97. The SMILES string of the molecule is CN(C)Cc1cc2c(o1)CN(C(=O)c1ccc(C=Cc3cc(CC(F)(F)F)cc(CC(F)(F)F)c3)cc1)CC2. The van der Waals surface area contributed by atoms with Crippen LogP contribution in [-0.4, -0.2) is 48.7 Å². The van der Waals surface area contributed by atoms with Crippen molar-refractivity contribution in [1.82, 2.24) is 9.80 Å². The molecule has 3 aromatic rings. The molecule has 0 unspecified atom stereocenters. The molecule has 0 atom stereocenters. The van der Waals surface area contributed by atoms with Crippen LogP contribution in [0.1, 0.15) is 49.7 Å². The first kappa shape index (κ1) is 28.5. The van der Waals surface area contributed by atoms with Crippen molar-refractivity contribution in [2.45, 2.75) is 44.7 Å². The van der Waals surface area contributed by atoms with Crippen LogP contribution in [0, 0.1) is 0 Å². The van der Waals surface area contributed by atoms with E-state index in [-0.39, 0.29) is 22.6 Å². The van der Waals surface area contributed by atoms with Crippen LogP contribution in [-0.2, 0) is 32.4 Å². The number of amides is 1. The van der Waals surface area contributed by atoms with Gasteiger partial charge < -0.3 is 14.2 Å². The van der Waals surface area contributed by atoms with Gasteiger partial charge in [0.1, 0.15) is 11.5 Å². The Bertz CT molecular complexity index is 1300. The third-order valence-electron chi connectivity index (χ3n) is 6.20. The molecule has 1 aliphatic heterocycles. The Morgan fingerprint density at radius 3 is 2.05 bits per heavy atom. The Morgan fingerprint density at radius 2 is 1.49 bits per heavy atom. The summed E-state index contributed by atoms with van der Waals surface area (Å²) in [7, 11) is 3.90. The molecule has 0 aliphatic carbocycles. The van der Waals surface area contributed by atoms with E-state index in [2.05, 4.69) is 0 Å². The lowest BCUT2D eigenvalue weighted by Gasteiger charge is -2.26. The number of nitrogens with zero attached hydrogens (tertiary/aromatic N) is 2. The highest BCUT2D eigenvalue weighted by atomic mass is 19.4. The molecular formula is C29H28F6N2O2. The van der Waals surface area contributed by atoms with Crippen LogP contribution in [0.3, 0.4) is 0 Å². The number of carbonyl (C=O) groups is 1. The summed E-state index contributed by atoms with van der Waals surface area (Å²) in [6, 6.07) is 12.1. The van der Waals surface area contributed by atoms with Crippen LogP contribution in [0.25, 0.3) is 12.2 Å². The lowest BCUT2D eigenvalue weighted by molar-refractivity contribution is -0.127. The molecule has 39 heavy (non-hydrogen) atoms. The van der Waals surface area contributed by atoms with Crippen LogP contribution in [0.5, 0.6) is 0 Å². The maximum absolute atomic E-state index is 13.1. The Labute approximate surface area is 222 Å². The minimum Gasteiger partial charge on any atom is -0.463 e. The van der Waals surface area contributed by atoms with E-state index in [1.54, 1.807) is 35.2 Å². The van der Waals surface area contributed by atoms with Gasteiger partial charge in [-0.05, 0) is 66.5 Å². The Kier molecular flexibility index (Phi) is 8.25. The van der Waals surface area contributed by atoms with Crippen molar-refractivity contribution in [2.24, 2.45) is 0 Å². The van der Waals surface area contributed by atoms with Crippen molar-refractivity contribution in [3.8, 4) is 0 Å². The smallest absolute Gasteiger partial charge is 0.393 e. The zero-order valence-electron chi connectivity index (χ0n) is 21.5. The van der Waals surface area contributed by atoms with Crippen LogP contribution < -0.4 is 0 Å². The zero-order valence-corrected chi connectivity index (χ0v) is 21.5. The molecule has 0 N–H and O–H groups in total. The van der Waals surface area contributed by atoms with E-state index in [1.807, 2.05) is 25.1 Å². The van der Waals surface area contributed by atoms with Gasteiger partial charge in [0.2, 0.25) is 0 Å². The van der Waals surface area contributed by atoms with E-state index in [9.17, 15) is 31.1 Å². The second-order valence-electron chi connectivity index (χ2n) is 10.00. The van der Waals surface area contributed by atoms with Crippen molar-refractivity contribution in [3.63, 3.8) is 0 Å². The molecule has 0 bridgehead atoms. The molecule has 0 spiro atoms. The highest BCUT2D eigenvalue weighted by Crippen LogP contribution is 2.28. The van der Waals surface area contributed by atoms with Gasteiger partial charge >= 0.3 is 12.4 Å². The molecule has 2 aromatic carbocycles. The number of carbonyl (C=O) groups excluding carboxylic acids is 1. The highest BCUT2D eigenvalue weighted by molar-refractivity contribution is 5.94. The predicted molar refractivity (Wildman–Crippen MR) is 136 cm³/mol. The first-order valence-electron chi connectivity index (χ1n) is 12.3. The number of hydrogen-bond donors (Lipinski definition) is 0. The van der Waals surface area contributed by atoms with Gasteiger partial charge in [-0.15, -0.1) is 0 Å². The van der Waals surface area contributed by atoms with E-state index >= 15 is 0 Å². The number of benzene rings is 2. The Hall–Kier alpha value is -3.53. The van der Waals surface area contributed by atoms with Crippen molar-refractivity contribution in [2.75, 3.05) is 20.6 Å². The van der Waals surface area contributed by atoms with Crippen molar-refractivity contribution >= 4 is 18.1 Å². The van der Waals surface area contributed by atoms with Crippen LogP contribution in [0.15, 0.2) is 52.9 Å². The van der Waals surface area contributed by atoms with Crippen molar-refractivity contribution in [3.05, 3.63) is 93.4 Å². The summed E-state index contributed by atoms with van der Waals surface area (Å²) >= 11 is 0. The summed E-state index contributed by atoms with van der Waals surface area (Å²) in [6.45, 7) is 1.60. The second kappa shape index (κ2) is 11.3. The number of fused-ring (bicyclic) bond motifs is 1. The summed E-state index contributed by atoms with van der Waals surface area (Å²) in [5.74, 6) is 1.48. The van der Waals surface area contributed by atoms with E-state index in [4.69, 9.17) is 4.42 Å². The van der Waals surface area contributed by atoms with Crippen molar-refractivity contribution in [1.29, 1.82) is 0 Å². The monoisotopic (exact) mass is 550 g/mol. The van der Waals surface area contributed by atoms with E-state index in [0.29, 0.717) is 37.2 Å². The number of alkyl halides is 6. The molecule has 1 amide bonds. The summed E-state index contributed by atoms with van der Waals surface area (Å²) in [5, 5.41) is 0. The molecule has 4 rings (SSSR count). The fourth-order valence-electron chi connectivity index (χ4n) is 4.61. The third kappa shape index (κ3) is 8.23. The van der Waals surface area contributed by atoms with E-state index in [1.165, 1.54) is 18.2 Å². The van der Waals surface area contributed by atoms with Crippen LogP contribution in [0.2, 0.25) is 0 Å². The standard InChI is InChI=1S/C29H28F6N2O2/c1-36(2)17-25-14-24-9-10-37(18-26(24)39-25)27(38)23-7-5-19(6-8-23)3-4-20-11-21(15-28(30,31)32)13-22(12-20)16-29(33,34)35/h3-8,11-14H,9-10,15-18H2,1-2H3. The first-order chi connectivity index (χ1) is 18.2. The number of halogens is 6. The fourth-order valence-corrected chi connectivity index (χ4v) is 4.61. The zero-order chi connectivity index (χ0) is 28.4. The number of rotatable bonds is 7. The average molecular weight is 551 g/mol. The van der Waals surface area contributed by atoms with Gasteiger partial charge in [-0.3, -0.25) is 4.79 Å². The summed E-state index contributed by atoms with van der Waals surface area (Å²) < 4.78 is 83.2. The fraction of sp³-hybridized carbons (Fsp3) is 0.345. The lowest BCUT2D eigenvalue weighted by atomic mass is 10.00. The molecule has 1 aromatic heterocycles. The van der Waals surface area contributed by atoms with Gasteiger partial charge in [-0.1, -0.05) is 42.5 Å². The molecule has 0 saturated heterocycles. The Balaban J connectivity index is 1.45. The van der Waals surface area contributed by atoms with Gasteiger partial charge in [0.05, 0.1) is 25.9 Å². The topological polar surface area (TPSA) is 36.7 Å². The molecule has 4 nitrogen and oxygen atoms in total. The van der Waals surface area contributed by atoms with Gasteiger partial charge in [-0.25, -0.2) is 0 Å². The van der Waals surface area contributed by atoms with Gasteiger partial charge in [0, 0.05) is 12.1 Å². The Morgan fingerprint density at radius 1 is 0.897 bits per heavy atom. The maximum atomic E-state index is 13.1. The maximum Gasteiger partial charge on any atom is 0.393 e. The molecule has 0 fully saturated rings. The molecular weight excluding hydrogens is 522 g/mol.